The predicted molar refractivity (Wildman–Crippen MR) is 76.0 cm³/mol. The van der Waals surface area contributed by atoms with Gasteiger partial charge in [0.05, 0.1) is 0 Å². The van der Waals surface area contributed by atoms with Crippen LogP contribution in [0.25, 0.3) is 0 Å². The molecule has 0 aliphatic heterocycles. The summed E-state index contributed by atoms with van der Waals surface area (Å²) in [6.45, 7) is 0. The van der Waals surface area contributed by atoms with Crippen LogP contribution in [0.15, 0.2) is 24.3 Å². The third-order valence-corrected chi connectivity index (χ3v) is 4.52. The van der Waals surface area contributed by atoms with E-state index in [9.17, 15) is 0 Å². The highest BCUT2D eigenvalue weighted by atomic mass is 14.3. The van der Waals surface area contributed by atoms with E-state index in [1.165, 1.54) is 70.6 Å². The van der Waals surface area contributed by atoms with Crippen molar-refractivity contribution in [1.29, 1.82) is 0 Å². The van der Waals surface area contributed by atoms with Crippen molar-refractivity contribution in [3.8, 4) is 0 Å². The van der Waals surface area contributed by atoms with Crippen molar-refractivity contribution in [3.63, 3.8) is 0 Å². The van der Waals surface area contributed by atoms with Crippen molar-refractivity contribution in [3.05, 3.63) is 24.3 Å². The second-order valence-electron chi connectivity index (χ2n) is 5.87. The third-order valence-electron chi connectivity index (χ3n) is 4.52. The van der Waals surface area contributed by atoms with E-state index in [2.05, 4.69) is 24.3 Å². The molecule has 2 aliphatic rings. The van der Waals surface area contributed by atoms with Crippen LogP contribution in [0.3, 0.4) is 0 Å². The molecule has 1 fully saturated rings. The number of fused-ring (bicyclic) bond motifs is 1. The zero-order valence-electron chi connectivity index (χ0n) is 11.2. The number of hydrogen-bond acceptors (Lipinski definition) is 0. The molecule has 0 amide bonds. The van der Waals surface area contributed by atoms with Gasteiger partial charge in [0.25, 0.3) is 0 Å². The van der Waals surface area contributed by atoms with Crippen LogP contribution in [0.2, 0.25) is 0 Å². The number of allylic oxidation sites excluding steroid dienone is 4. The van der Waals surface area contributed by atoms with E-state index >= 15 is 0 Å². The van der Waals surface area contributed by atoms with E-state index in [1.54, 1.807) is 0 Å². The van der Waals surface area contributed by atoms with Gasteiger partial charge in [-0.25, -0.2) is 0 Å². The Morgan fingerprint density at radius 1 is 0.647 bits per heavy atom. The molecule has 17 heavy (non-hydrogen) atoms. The predicted octanol–water partition coefficient (Wildman–Crippen LogP) is 5.65. The Morgan fingerprint density at radius 2 is 1.35 bits per heavy atom. The lowest BCUT2D eigenvalue weighted by Crippen LogP contribution is -2.17. The van der Waals surface area contributed by atoms with Gasteiger partial charge in [0, 0.05) is 0 Å². The van der Waals surface area contributed by atoms with E-state index in [-0.39, 0.29) is 0 Å². The van der Waals surface area contributed by atoms with Crippen LogP contribution in [0.5, 0.6) is 0 Å². The van der Waals surface area contributed by atoms with Crippen LogP contribution < -0.4 is 0 Å². The molecular weight excluding hydrogens is 204 g/mol. The van der Waals surface area contributed by atoms with Crippen LogP contribution in [0.4, 0.5) is 0 Å². The second kappa shape index (κ2) is 7.74. The van der Waals surface area contributed by atoms with Crippen molar-refractivity contribution in [2.45, 2.75) is 70.6 Å². The van der Waals surface area contributed by atoms with Crippen LogP contribution >= 0.6 is 0 Å². The smallest absolute Gasteiger partial charge is 0.0202 e. The van der Waals surface area contributed by atoms with Gasteiger partial charge in [-0.1, -0.05) is 62.8 Å². The summed E-state index contributed by atoms with van der Waals surface area (Å²) < 4.78 is 0. The second-order valence-corrected chi connectivity index (χ2v) is 5.87. The third kappa shape index (κ3) is 4.69. The van der Waals surface area contributed by atoms with Gasteiger partial charge in [0.2, 0.25) is 0 Å². The molecule has 2 atom stereocenters. The maximum atomic E-state index is 2.50. The summed E-state index contributed by atoms with van der Waals surface area (Å²) in [6, 6.07) is 0. The van der Waals surface area contributed by atoms with Crippen LogP contribution in [-0.4, -0.2) is 0 Å². The SMILES string of the molecule is C1=C/CCCCCCCC2CCCCC2/C=C/1. The van der Waals surface area contributed by atoms with Crippen molar-refractivity contribution >= 4 is 0 Å². The van der Waals surface area contributed by atoms with E-state index in [4.69, 9.17) is 0 Å². The first-order chi connectivity index (χ1) is 8.47. The summed E-state index contributed by atoms with van der Waals surface area (Å²) in [5, 5.41) is 0. The summed E-state index contributed by atoms with van der Waals surface area (Å²) in [5.41, 5.74) is 0. The number of hydrogen-bond donors (Lipinski definition) is 0. The fraction of sp³-hybridized carbons (Fsp3) is 0.765. The Labute approximate surface area is 107 Å². The Hall–Kier alpha value is -0.520. The zero-order chi connectivity index (χ0) is 11.8. The van der Waals surface area contributed by atoms with E-state index in [0.29, 0.717) is 0 Å². The first-order valence-corrected chi connectivity index (χ1v) is 7.80. The normalized spacial score (nSPS) is 35.8. The molecule has 2 aliphatic carbocycles. The zero-order valence-corrected chi connectivity index (χ0v) is 11.2. The molecule has 0 radical (unpaired) electrons. The minimum absolute atomic E-state index is 0.883. The molecule has 96 valence electrons. The first-order valence-electron chi connectivity index (χ1n) is 7.80. The summed E-state index contributed by atoms with van der Waals surface area (Å²) in [5.74, 6) is 1.88. The first kappa shape index (κ1) is 12.9. The number of rotatable bonds is 0. The van der Waals surface area contributed by atoms with E-state index < -0.39 is 0 Å². The molecule has 0 heterocycles. The monoisotopic (exact) mass is 232 g/mol. The molecule has 0 aromatic carbocycles. The quantitative estimate of drug-likeness (QED) is 0.506. The average molecular weight is 232 g/mol. The standard InChI is InChI=1S/C17H28/c1-2-4-6-8-12-16-14-10-11-15-17(16)13-9-7-5-3-1/h4,6,8,12,16-17H,1-3,5,7,9-11,13-15H2/b6-4+,12-8+. The molecule has 0 nitrogen and oxygen atoms in total. The van der Waals surface area contributed by atoms with Crippen molar-refractivity contribution in [1.82, 2.24) is 0 Å². The molecule has 0 aromatic heterocycles. The Balaban J connectivity index is 1.91. The topological polar surface area (TPSA) is 0 Å². The summed E-state index contributed by atoms with van der Waals surface area (Å²) in [7, 11) is 0. The van der Waals surface area contributed by atoms with Gasteiger partial charge in [-0.3, -0.25) is 0 Å². The minimum atomic E-state index is 0.883. The van der Waals surface area contributed by atoms with Crippen LogP contribution in [0, 0.1) is 11.8 Å². The van der Waals surface area contributed by atoms with Crippen LogP contribution in [0.1, 0.15) is 70.6 Å². The van der Waals surface area contributed by atoms with Gasteiger partial charge in [0.1, 0.15) is 0 Å². The van der Waals surface area contributed by atoms with Crippen molar-refractivity contribution in [2.75, 3.05) is 0 Å². The van der Waals surface area contributed by atoms with Gasteiger partial charge in [-0.15, -0.1) is 0 Å². The van der Waals surface area contributed by atoms with Gasteiger partial charge in [-0.05, 0) is 43.9 Å². The maximum Gasteiger partial charge on any atom is -0.0202 e. The van der Waals surface area contributed by atoms with Gasteiger partial charge >= 0.3 is 0 Å². The molecule has 0 saturated heterocycles. The van der Waals surface area contributed by atoms with E-state index in [1.807, 2.05) is 0 Å². The van der Waals surface area contributed by atoms with Crippen molar-refractivity contribution in [2.24, 2.45) is 11.8 Å². The molecule has 0 heteroatoms. The lowest BCUT2D eigenvalue weighted by molar-refractivity contribution is 0.261. The fourth-order valence-electron chi connectivity index (χ4n) is 3.43. The highest BCUT2D eigenvalue weighted by Gasteiger charge is 2.22. The lowest BCUT2D eigenvalue weighted by atomic mass is 9.76. The molecule has 0 N–H and O–H groups in total. The summed E-state index contributed by atoms with van der Waals surface area (Å²) in [4.78, 5) is 0. The summed E-state index contributed by atoms with van der Waals surface area (Å²) in [6.07, 6.45) is 25.3. The molecular formula is C17H28. The molecule has 0 aromatic rings. The van der Waals surface area contributed by atoms with Gasteiger partial charge in [0.15, 0.2) is 0 Å². The Bertz CT molecular complexity index is 249. The molecule has 0 bridgehead atoms. The highest BCUT2D eigenvalue weighted by Crippen LogP contribution is 2.34. The molecule has 0 spiro atoms. The highest BCUT2D eigenvalue weighted by molar-refractivity contribution is 5.05. The largest absolute Gasteiger partial charge is 0.0845 e. The maximum absolute atomic E-state index is 2.50. The Kier molecular flexibility index (Phi) is 5.88. The van der Waals surface area contributed by atoms with Gasteiger partial charge in [-0.2, -0.15) is 0 Å². The molecule has 2 unspecified atom stereocenters. The Morgan fingerprint density at radius 3 is 2.29 bits per heavy atom. The van der Waals surface area contributed by atoms with Gasteiger partial charge < -0.3 is 0 Å². The lowest BCUT2D eigenvalue weighted by Gasteiger charge is -2.29. The van der Waals surface area contributed by atoms with E-state index in [0.717, 1.165) is 11.8 Å². The van der Waals surface area contributed by atoms with Crippen molar-refractivity contribution < 1.29 is 0 Å². The average Bonchev–Trinajstić information content (AvgIpc) is 2.38. The van der Waals surface area contributed by atoms with Crippen LogP contribution in [-0.2, 0) is 0 Å². The molecule has 1 saturated carbocycles. The summed E-state index contributed by atoms with van der Waals surface area (Å²) >= 11 is 0. The molecule has 2 rings (SSSR count). The minimum Gasteiger partial charge on any atom is -0.0845 e. The fourth-order valence-corrected chi connectivity index (χ4v) is 3.43.